The van der Waals surface area contributed by atoms with Crippen molar-refractivity contribution in [3.8, 4) is 0 Å². The zero-order valence-corrected chi connectivity index (χ0v) is 15.8. The number of rotatable bonds is 6. The Labute approximate surface area is 154 Å². The van der Waals surface area contributed by atoms with E-state index in [9.17, 15) is 16.8 Å². The van der Waals surface area contributed by atoms with Crippen molar-refractivity contribution in [2.75, 3.05) is 4.72 Å². The third-order valence-corrected chi connectivity index (χ3v) is 7.13. The van der Waals surface area contributed by atoms with Crippen molar-refractivity contribution < 1.29 is 16.8 Å². The van der Waals surface area contributed by atoms with Gasteiger partial charge in [-0.25, -0.2) is 26.5 Å². The molecule has 1 aliphatic rings. The maximum atomic E-state index is 12.6. The van der Waals surface area contributed by atoms with E-state index < -0.39 is 20.0 Å². The van der Waals surface area contributed by atoms with Crippen LogP contribution in [0, 0.1) is 0 Å². The Morgan fingerprint density at radius 2 is 1.54 bits per heavy atom. The van der Waals surface area contributed by atoms with Gasteiger partial charge in [0.1, 0.15) is 5.82 Å². The molecule has 2 aromatic rings. The second-order valence-corrected chi connectivity index (χ2v) is 9.65. The summed E-state index contributed by atoms with van der Waals surface area (Å²) in [7, 11) is -7.71. The van der Waals surface area contributed by atoms with Crippen LogP contribution in [0.3, 0.4) is 0 Å². The van der Waals surface area contributed by atoms with Crippen LogP contribution in [0.5, 0.6) is 0 Å². The van der Waals surface area contributed by atoms with E-state index in [1.807, 2.05) is 0 Å². The van der Waals surface area contributed by atoms with Crippen molar-refractivity contribution in [1.29, 1.82) is 0 Å². The summed E-state index contributed by atoms with van der Waals surface area (Å²) in [5, 5.41) is 0. The number of pyridine rings is 1. The summed E-state index contributed by atoms with van der Waals surface area (Å²) in [6, 6.07) is 10.1. The molecule has 3 rings (SSSR count). The van der Waals surface area contributed by atoms with Gasteiger partial charge < -0.3 is 0 Å². The SMILES string of the molecule is O=S(=O)(Nc1ccccn1)c1cccc(S(=O)(=O)NC2CCCCC2)c1. The topological polar surface area (TPSA) is 105 Å². The summed E-state index contributed by atoms with van der Waals surface area (Å²) < 4.78 is 55.2. The van der Waals surface area contributed by atoms with Crippen molar-refractivity contribution in [3.63, 3.8) is 0 Å². The fraction of sp³-hybridized carbons (Fsp3) is 0.353. The smallest absolute Gasteiger partial charge is 0.263 e. The molecule has 0 unspecified atom stereocenters. The lowest BCUT2D eigenvalue weighted by Gasteiger charge is -2.22. The standard InChI is InChI=1S/C17H21N3O4S2/c21-25(22,19-14-7-2-1-3-8-14)15-9-6-10-16(13-15)26(23,24)20-17-11-4-5-12-18-17/h4-6,9-14,19H,1-3,7-8H2,(H,18,20). The molecule has 1 aromatic carbocycles. The molecule has 1 fully saturated rings. The van der Waals surface area contributed by atoms with Gasteiger partial charge in [-0.3, -0.25) is 4.72 Å². The van der Waals surface area contributed by atoms with Crippen molar-refractivity contribution in [3.05, 3.63) is 48.7 Å². The summed E-state index contributed by atoms with van der Waals surface area (Å²) in [5.41, 5.74) is 0. The van der Waals surface area contributed by atoms with E-state index in [0.717, 1.165) is 38.2 Å². The van der Waals surface area contributed by atoms with Gasteiger partial charge in [0, 0.05) is 12.2 Å². The van der Waals surface area contributed by atoms with Crippen LogP contribution in [-0.2, 0) is 20.0 Å². The maximum Gasteiger partial charge on any atom is 0.263 e. The maximum absolute atomic E-state index is 12.6. The molecule has 0 aliphatic heterocycles. The second kappa shape index (κ2) is 7.73. The van der Waals surface area contributed by atoms with Gasteiger partial charge in [0.15, 0.2) is 0 Å². The van der Waals surface area contributed by atoms with Crippen LogP contribution in [-0.4, -0.2) is 27.9 Å². The van der Waals surface area contributed by atoms with E-state index in [2.05, 4.69) is 14.4 Å². The van der Waals surface area contributed by atoms with Crippen molar-refractivity contribution in [1.82, 2.24) is 9.71 Å². The zero-order valence-electron chi connectivity index (χ0n) is 14.1. The molecule has 0 radical (unpaired) electrons. The van der Waals surface area contributed by atoms with Gasteiger partial charge in [0.05, 0.1) is 9.79 Å². The summed E-state index contributed by atoms with van der Waals surface area (Å²) in [5.74, 6) is 0.168. The molecule has 1 saturated carbocycles. The highest BCUT2D eigenvalue weighted by molar-refractivity contribution is 7.93. The number of hydrogen-bond acceptors (Lipinski definition) is 5. The van der Waals surface area contributed by atoms with Crippen LogP contribution in [0.4, 0.5) is 5.82 Å². The lowest BCUT2D eigenvalue weighted by Crippen LogP contribution is -2.36. The van der Waals surface area contributed by atoms with Crippen LogP contribution in [0.15, 0.2) is 58.5 Å². The predicted molar refractivity (Wildman–Crippen MR) is 98.7 cm³/mol. The van der Waals surface area contributed by atoms with Gasteiger partial charge in [-0.15, -0.1) is 0 Å². The van der Waals surface area contributed by atoms with Crippen molar-refractivity contribution in [2.45, 2.75) is 47.9 Å². The summed E-state index contributed by atoms with van der Waals surface area (Å²) in [6.07, 6.45) is 6.18. The number of nitrogens with zero attached hydrogens (tertiary/aromatic N) is 1. The number of anilines is 1. The van der Waals surface area contributed by atoms with Crippen LogP contribution in [0.2, 0.25) is 0 Å². The Balaban J connectivity index is 1.83. The second-order valence-electron chi connectivity index (χ2n) is 6.25. The molecular formula is C17H21N3O4S2. The molecular weight excluding hydrogens is 374 g/mol. The molecule has 7 nitrogen and oxygen atoms in total. The van der Waals surface area contributed by atoms with Crippen LogP contribution < -0.4 is 9.44 Å². The van der Waals surface area contributed by atoms with Gasteiger partial charge in [-0.2, -0.15) is 0 Å². The highest BCUT2D eigenvalue weighted by Crippen LogP contribution is 2.22. The number of sulfonamides is 2. The van der Waals surface area contributed by atoms with E-state index in [-0.39, 0.29) is 21.7 Å². The van der Waals surface area contributed by atoms with Gasteiger partial charge in [0.2, 0.25) is 10.0 Å². The molecule has 140 valence electrons. The first-order valence-electron chi connectivity index (χ1n) is 8.43. The lowest BCUT2D eigenvalue weighted by atomic mass is 9.96. The first-order chi connectivity index (χ1) is 12.4. The summed E-state index contributed by atoms with van der Waals surface area (Å²) in [6.45, 7) is 0. The Morgan fingerprint density at radius 3 is 2.19 bits per heavy atom. The predicted octanol–water partition coefficient (Wildman–Crippen LogP) is 2.49. The minimum absolute atomic E-state index is 0.0630. The van der Waals surface area contributed by atoms with Gasteiger partial charge in [0.25, 0.3) is 10.0 Å². The third-order valence-electron chi connectivity index (χ3n) is 4.26. The molecule has 0 saturated heterocycles. The lowest BCUT2D eigenvalue weighted by molar-refractivity contribution is 0.412. The molecule has 0 atom stereocenters. The summed E-state index contributed by atoms with van der Waals surface area (Å²) in [4.78, 5) is 3.72. The number of hydrogen-bond donors (Lipinski definition) is 2. The van der Waals surface area contributed by atoms with E-state index >= 15 is 0 Å². The molecule has 26 heavy (non-hydrogen) atoms. The minimum atomic E-state index is -3.93. The van der Waals surface area contributed by atoms with Gasteiger partial charge >= 0.3 is 0 Å². The molecule has 0 spiro atoms. The Kier molecular flexibility index (Phi) is 5.59. The van der Waals surface area contributed by atoms with Crippen molar-refractivity contribution >= 4 is 25.9 Å². The molecule has 1 aliphatic carbocycles. The largest absolute Gasteiger partial charge is 0.263 e. The minimum Gasteiger partial charge on any atom is -0.263 e. The summed E-state index contributed by atoms with van der Waals surface area (Å²) >= 11 is 0. The van der Waals surface area contributed by atoms with Crippen LogP contribution in [0.1, 0.15) is 32.1 Å². The quantitative estimate of drug-likeness (QED) is 0.782. The average Bonchev–Trinajstić information content (AvgIpc) is 2.63. The number of aromatic nitrogens is 1. The monoisotopic (exact) mass is 395 g/mol. The average molecular weight is 396 g/mol. The van der Waals surface area contributed by atoms with E-state index in [1.165, 1.54) is 30.5 Å². The Morgan fingerprint density at radius 1 is 0.846 bits per heavy atom. The van der Waals surface area contributed by atoms with Crippen LogP contribution in [0.25, 0.3) is 0 Å². The third kappa shape index (κ3) is 4.60. The Hall–Kier alpha value is -1.97. The Bertz CT molecular complexity index is 955. The van der Waals surface area contributed by atoms with Crippen LogP contribution >= 0.6 is 0 Å². The normalized spacial score (nSPS) is 16.3. The molecule has 9 heteroatoms. The number of benzene rings is 1. The van der Waals surface area contributed by atoms with E-state index in [0.29, 0.717) is 0 Å². The fourth-order valence-corrected chi connectivity index (χ4v) is 5.41. The molecule has 0 bridgehead atoms. The first-order valence-corrected chi connectivity index (χ1v) is 11.4. The molecule has 1 heterocycles. The first kappa shape index (κ1) is 18.8. The zero-order chi connectivity index (χ0) is 18.6. The van der Waals surface area contributed by atoms with E-state index in [1.54, 1.807) is 12.1 Å². The number of nitrogens with one attached hydrogen (secondary N) is 2. The van der Waals surface area contributed by atoms with Gasteiger partial charge in [-0.1, -0.05) is 31.4 Å². The van der Waals surface area contributed by atoms with Crippen molar-refractivity contribution in [2.24, 2.45) is 0 Å². The molecule has 0 amide bonds. The molecule has 1 aromatic heterocycles. The van der Waals surface area contributed by atoms with E-state index in [4.69, 9.17) is 0 Å². The fourth-order valence-electron chi connectivity index (χ4n) is 2.94. The highest BCUT2D eigenvalue weighted by atomic mass is 32.2. The van der Waals surface area contributed by atoms with Gasteiger partial charge in [-0.05, 0) is 43.2 Å². The highest BCUT2D eigenvalue weighted by Gasteiger charge is 2.24. The molecule has 2 N–H and O–H groups in total.